The van der Waals surface area contributed by atoms with E-state index in [-0.39, 0.29) is 35.7 Å². The number of hydrogen-bond donors (Lipinski definition) is 1. The average molecular weight is 550 g/mol. The van der Waals surface area contributed by atoms with Gasteiger partial charge in [-0.2, -0.15) is 4.31 Å². The van der Waals surface area contributed by atoms with E-state index in [1.807, 2.05) is 0 Å². The van der Waals surface area contributed by atoms with E-state index < -0.39 is 16.1 Å². The number of anilines is 1. The van der Waals surface area contributed by atoms with Crippen molar-refractivity contribution in [2.45, 2.75) is 48.8 Å². The van der Waals surface area contributed by atoms with Crippen LogP contribution in [0.3, 0.4) is 0 Å². The molecule has 1 aliphatic heterocycles. The number of carbonyl (C=O) groups excluding carboxylic acids is 2. The zero-order valence-electron chi connectivity index (χ0n) is 19.5. The van der Waals surface area contributed by atoms with Crippen molar-refractivity contribution < 1.29 is 22.4 Å². The highest BCUT2D eigenvalue weighted by atomic mass is 32.2. The molecule has 0 aromatic carbocycles. The summed E-state index contributed by atoms with van der Waals surface area (Å²) >= 11 is 2.39. The highest BCUT2D eigenvalue weighted by Gasteiger charge is 2.39. The third-order valence-corrected chi connectivity index (χ3v) is 10.8. The van der Waals surface area contributed by atoms with E-state index in [2.05, 4.69) is 15.3 Å². The van der Waals surface area contributed by atoms with Gasteiger partial charge in [0.15, 0.2) is 17.3 Å². The van der Waals surface area contributed by atoms with Crippen LogP contribution < -0.4 is 5.32 Å². The van der Waals surface area contributed by atoms with Gasteiger partial charge in [-0.3, -0.25) is 9.59 Å². The number of thiazole rings is 1. The largest absolute Gasteiger partial charge is 0.443 e. The molecule has 2 fully saturated rings. The fourth-order valence-corrected chi connectivity index (χ4v) is 8.17. The number of amides is 2. The third kappa shape index (κ3) is 5.38. The summed E-state index contributed by atoms with van der Waals surface area (Å²) < 4.78 is 33.2. The number of hydrogen-bond acceptors (Lipinski definition) is 9. The smallest absolute Gasteiger partial charge is 0.253 e. The van der Waals surface area contributed by atoms with Crippen LogP contribution in [0.5, 0.6) is 0 Å². The highest BCUT2D eigenvalue weighted by Crippen LogP contribution is 2.33. The van der Waals surface area contributed by atoms with Crippen LogP contribution in [0, 0.1) is 5.92 Å². The molecule has 5 rings (SSSR count). The second-order valence-corrected chi connectivity index (χ2v) is 13.1. The van der Waals surface area contributed by atoms with Crippen molar-refractivity contribution in [1.82, 2.24) is 19.2 Å². The molecule has 0 radical (unpaired) electrons. The molecular formula is C23H27N5O5S3. The van der Waals surface area contributed by atoms with Crippen LogP contribution in [0.1, 0.15) is 38.5 Å². The Bertz CT molecular complexity index is 1280. The fraction of sp³-hybridized carbons (Fsp3) is 0.478. The third-order valence-electron chi connectivity index (χ3n) is 6.70. The van der Waals surface area contributed by atoms with Crippen LogP contribution in [0.25, 0.3) is 10.6 Å². The summed E-state index contributed by atoms with van der Waals surface area (Å²) in [7, 11) is -3.87. The summed E-state index contributed by atoms with van der Waals surface area (Å²) in [4.78, 5) is 36.7. The van der Waals surface area contributed by atoms with E-state index in [9.17, 15) is 18.0 Å². The molecule has 1 N–H and O–H groups in total. The maximum atomic E-state index is 13.3. The highest BCUT2D eigenvalue weighted by molar-refractivity contribution is 7.91. The zero-order valence-corrected chi connectivity index (χ0v) is 22.0. The summed E-state index contributed by atoms with van der Waals surface area (Å²) in [5.74, 6) is 0.210. The van der Waals surface area contributed by atoms with Crippen LogP contribution in [-0.2, 0) is 19.6 Å². The van der Waals surface area contributed by atoms with E-state index in [0.29, 0.717) is 28.1 Å². The van der Waals surface area contributed by atoms with Crippen molar-refractivity contribution in [2.75, 3.05) is 25.0 Å². The summed E-state index contributed by atoms with van der Waals surface area (Å²) in [5, 5.41) is 5.11. The number of nitrogens with zero attached hydrogens (tertiary/aromatic N) is 4. The van der Waals surface area contributed by atoms with Crippen molar-refractivity contribution in [3.63, 3.8) is 0 Å². The Kier molecular flexibility index (Phi) is 7.51. The fourth-order valence-electron chi connectivity index (χ4n) is 4.84. The van der Waals surface area contributed by atoms with Gasteiger partial charge >= 0.3 is 0 Å². The number of nitrogens with one attached hydrogen (secondary N) is 1. The first-order valence-electron chi connectivity index (χ1n) is 11.9. The zero-order chi connectivity index (χ0) is 25.1. The summed E-state index contributed by atoms with van der Waals surface area (Å²) in [6, 6.07) is 2.52. The first kappa shape index (κ1) is 25.1. The van der Waals surface area contributed by atoms with Gasteiger partial charge in [-0.25, -0.2) is 18.4 Å². The maximum Gasteiger partial charge on any atom is 0.253 e. The Hall–Kier alpha value is -2.61. The molecule has 3 aromatic heterocycles. The Labute approximate surface area is 217 Å². The first-order chi connectivity index (χ1) is 17.4. The Balaban J connectivity index is 1.30. The van der Waals surface area contributed by atoms with E-state index >= 15 is 0 Å². The monoisotopic (exact) mass is 549 g/mol. The number of rotatable bonds is 8. The van der Waals surface area contributed by atoms with Gasteiger partial charge in [0.2, 0.25) is 11.8 Å². The van der Waals surface area contributed by atoms with E-state index in [4.69, 9.17) is 4.42 Å². The summed E-state index contributed by atoms with van der Waals surface area (Å²) in [6.45, 7) is -0.0278. The van der Waals surface area contributed by atoms with Crippen molar-refractivity contribution in [1.29, 1.82) is 0 Å². The van der Waals surface area contributed by atoms with Gasteiger partial charge in [0.05, 0.1) is 17.6 Å². The second kappa shape index (κ2) is 10.8. The molecule has 192 valence electrons. The molecule has 1 saturated heterocycles. The molecule has 1 saturated carbocycles. The predicted octanol–water partition coefficient (Wildman–Crippen LogP) is 3.67. The molecule has 1 aliphatic carbocycles. The lowest BCUT2D eigenvalue weighted by atomic mass is 9.84. The quantitative estimate of drug-likeness (QED) is 0.454. The molecule has 4 heterocycles. The van der Waals surface area contributed by atoms with Crippen LogP contribution in [0.4, 0.5) is 5.13 Å². The molecule has 2 amide bonds. The maximum absolute atomic E-state index is 13.3. The van der Waals surface area contributed by atoms with Gasteiger partial charge in [0.25, 0.3) is 10.0 Å². The lowest BCUT2D eigenvalue weighted by Gasteiger charge is -2.39. The van der Waals surface area contributed by atoms with Crippen LogP contribution in [-0.4, -0.2) is 65.1 Å². The summed E-state index contributed by atoms with van der Waals surface area (Å²) in [6.07, 6.45) is 10.5. The Morgan fingerprint density at radius 3 is 2.75 bits per heavy atom. The van der Waals surface area contributed by atoms with Gasteiger partial charge in [0, 0.05) is 24.7 Å². The molecule has 1 atom stereocenters. The van der Waals surface area contributed by atoms with Crippen LogP contribution in [0.15, 0.2) is 44.9 Å². The van der Waals surface area contributed by atoms with E-state index in [1.165, 1.54) is 40.7 Å². The Morgan fingerprint density at radius 1 is 1.22 bits per heavy atom. The molecule has 3 aromatic rings. The first-order valence-corrected chi connectivity index (χ1v) is 15.0. The SMILES string of the molecule is O=C(Nc1nccs1)[C@H](CC1CCCCC1)N1CCN(S(=O)(=O)c2ccc(-c3cnco3)s2)CC1=O. The summed E-state index contributed by atoms with van der Waals surface area (Å²) in [5.41, 5.74) is 0. The van der Waals surface area contributed by atoms with Crippen molar-refractivity contribution in [3.05, 3.63) is 36.3 Å². The molecule has 13 heteroatoms. The lowest BCUT2D eigenvalue weighted by molar-refractivity contribution is -0.142. The molecule has 0 spiro atoms. The van der Waals surface area contributed by atoms with Crippen molar-refractivity contribution in [2.24, 2.45) is 5.92 Å². The molecular weight excluding hydrogens is 522 g/mol. The molecule has 2 aliphatic rings. The van der Waals surface area contributed by atoms with E-state index in [0.717, 1.165) is 37.0 Å². The number of oxazole rings is 1. The average Bonchev–Trinajstić information content (AvgIpc) is 3.66. The van der Waals surface area contributed by atoms with Crippen LogP contribution in [0.2, 0.25) is 0 Å². The van der Waals surface area contributed by atoms with Gasteiger partial charge in [-0.1, -0.05) is 32.1 Å². The second-order valence-electron chi connectivity index (χ2n) is 8.99. The standard InChI is InChI=1S/C23H27N5O5S3/c29-20-14-27(36(31,32)21-7-6-19(35-21)18-13-24-15-33-18)9-10-28(20)17(12-16-4-2-1-3-5-16)22(30)26-23-25-8-11-34-23/h6-8,11,13,15-17H,1-5,9-10,12,14H2,(H,25,26,30)/t17-/m0/s1. The molecule has 0 bridgehead atoms. The molecule has 36 heavy (non-hydrogen) atoms. The lowest BCUT2D eigenvalue weighted by Crippen LogP contribution is -2.58. The number of sulfonamides is 1. The van der Waals surface area contributed by atoms with Gasteiger partial charge in [-0.15, -0.1) is 22.7 Å². The minimum atomic E-state index is -3.87. The minimum absolute atomic E-state index is 0.120. The minimum Gasteiger partial charge on any atom is -0.443 e. The van der Waals surface area contributed by atoms with Gasteiger partial charge < -0.3 is 14.6 Å². The topological polar surface area (TPSA) is 126 Å². The van der Waals surface area contributed by atoms with Crippen LogP contribution >= 0.6 is 22.7 Å². The number of piperazine rings is 1. The van der Waals surface area contributed by atoms with E-state index in [1.54, 1.807) is 22.5 Å². The van der Waals surface area contributed by atoms with Crippen molar-refractivity contribution >= 4 is 49.6 Å². The Morgan fingerprint density at radius 2 is 2.06 bits per heavy atom. The van der Waals surface area contributed by atoms with Crippen molar-refractivity contribution in [3.8, 4) is 10.6 Å². The molecule has 10 nitrogen and oxygen atoms in total. The normalized spacial score (nSPS) is 18.9. The number of aromatic nitrogens is 2. The number of carbonyl (C=O) groups is 2. The number of thiophene rings is 1. The molecule has 0 unspecified atom stereocenters. The predicted molar refractivity (Wildman–Crippen MR) is 136 cm³/mol. The van der Waals surface area contributed by atoms with Gasteiger partial charge in [0.1, 0.15) is 10.3 Å². The van der Waals surface area contributed by atoms with Gasteiger partial charge in [-0.05, 0) is 24.5 Å².